The van der Waals surface area contributed by atoms with Gasteiger partial charge in [-0.3, -0.25) is 4.79 Å². The highest BCUT2D eigenvalue weighted by atomic mass is 19.1. The number of benzene rings is 1. The predicted octanol–water partition coefficient (Wildman–Crippen LogP) is 1.76. The summed E-state index contributed by atoms with van der Waals surface area (Å²) in [4.78, 5) is 11.5. The minimum Gasteiger partial charge on any atom is -0.490 e. The van der Waals surface area contributed by atoms with Gasteiger partial charge in [0.15, 0.2) is 11.6 Å². The maximum Gasteiger partial charge on any atom is 0.223 e. The minimum absolute atomic E-state index is 0.0439. The van der Waals surface area contributed by atoms with Crippen molar-refractivity contribution in [3.8, 4) is 5.75 Å². The molecule has 1 atom stereocenters. The van der Waals surface area contributed by atoms with Crippen LogP contribution in [0.3, 0.4) is 0 Å². The number of carbonyl (C=O) groups is 1. The van der Waals surface area contributed by atoms with E-state index in [1.54, 1.807) is 12.1 Å². The zero-order valence-electron chi connectivity index (χ0n) is 11.7. The first-order chi connectivity index (χ1) is 9.56. The topological polar surface area (TPSA) is 64.3 Å². The molecule has 0 radical (unpaired) electrons. The number of nitrogens with two attached hydrogens (primary N) is 1. The lowest BCUT2D eigenvalue weighted by Gasteiger charge is -2.13. The molecular weight excluding hydrogens is 259 g/mol. The number of para-hydroxylation sites is 1. The fourth-order valence-corrected chi connectivity index (χ4v) is 2.00. The summed E-state index contributed by atoms with van der Waals surface area (Å²) in [5.41, 5.74) is 6.48. The van der Waals surface area contributed by atoms with Crippen molar-refractivity contribution < 1.29 is 13.9 Å². The van der Waals surface area contributed by atoms with E-state index in [-0.39, 0.29) is 30.7 Å². The van der Waals surface area contributed by atoms with Gasteiger partial charge in [0.1, 0.15) is 0 Å². The molecule has 0 aliphatic heterocycles. The van der Waals surface area contributed by atoms with E-state index < -0.39 is 5.82 Å². The summed E-state index contributed by atoms with van der Waals surface area (Å²) >= 11 is 0. The van der Waals surface area contributed by atoms with E-state index >= 15 is 0 Å². The molecule has 0 bridgehead atoms. The largest absolute Gasteiger partial charge is 0.490 e. The zero-order valence-corrected chi connectivity index (χ0v) is 11.7. The molecule has 1 saturated carbocycles. The Morgan fingerprint density at radius 1 is 1.55 bits per heavy atom. The molecule has 0 spiro atoms. The lowest BCUT2D eigenvalue weighted by atomic mass is 10.1. The molecule has 20 heavy (non-hydrogen) atoms. The summed E-state index contributed by atoms with van der Waals surface area (Å²) in [6.45, 7) is 2.03. The van der Waals surface area contributed by atoms with Crippen LogP contribution in [0.1, 0.15) is 31.7 Å². The summed E-state index contributed by atoms with van der Waals surface area (Å²) in [6, 6.07) is 5.05. The number of ether oxygens (including phenoxy) is 1. The van der Waals surface area contributed by atoms with Crippen LogP contribution in [0, 0.1) is 5.82 Å². The highest BCUT2D eigenvalue weighted by Gasteiger charge is 2.23. The molecule has 0 heterocycles. The van der Waals surface area contributed by atoms with Crippen LogP contribution in [0.25, 0.3) is 0 Å². The van der Waals surface area contributed by atoms with Gasteiger partial charge in [-0.25, -0.2) is 4.39 Å². The molecule has 3 N–H and O–H groups in total. The van der Waals surface area contributed by atoms with Crippen molar-refractivity contribution in [1.82, 2.24) is 5.32 Å². The maximum absolute atomic E-state index is 13.8. The molecule has 2 rings (SSSR count). The second-order valence-electron chi connectivity index (χ2n) is 5.35. The Bertz CT molecular complexity index is 473. The maximum atomic E-state index is 13.8. The lowest BCUT2D eigenvalue weighted by molar-refractivity contribution is -0.121. The molecule has 5 heteroatoms. The fraction of sp³-hybridized carbons (Fsp3) is 0.533. The van der Waals surface area contributed by atoms with Crippen molar-refractivity contribution in [1.29, 1.82) is 0 Å². The molecule has 1 aliphatic rings. The Morgan fingerprint density at radius 3 is 2.95 bits per heavy atom. The summed E-state index contributed by atoms with van der Waals surface area (Å²) in [7, 11) is 0. The Hall–Kier alpha value is -1.62. The molecule has 1 amide bonds. The van der Waals surface area contributed by atoms with E-state index in [1.807, 2.05) is 6.92 Å². The Kier molecular flexibility index (Phi) is 4.95. The standard InChI is InChI=1S/C15H21FN2O2/c1-10(17)9-11-3-2-4-13(16)15(11)20-8-7-14(19)18-12-5-6-12/h2-4,10,12H,5-9,17H2,1H3,(H,18,19). The number of carbonyl (C=O) groups excluding carboxylic acids is 1. The number of hydrogen-bond donors (Lipinski definition) is 2. The number of amides is 1. The van der Waals surface area contributed by atoms with Crippen molar-refractivity contribution in [2.45, 2.75) is 44.7 Å². The lowest BCUT2D eigenvalue weighted by Crippen LogP contribution is -2.27. The summed E-state index contributed by atoms with van der Waals surface area (Å²) < 4.78 is 19.2. The van der Waals surface area contributed by atoms with E-state index in [9.17, 15) is 9.18 Å². The van der Waals surface area contributed by atoms with E-state index in [1.165, 1.54) is 6.07 Å². The minimum atomic E-state index is -0.411. The first kappa shape index (κ1) is 14.8. The van der Waals surface area contributed by atoms with Crippen LogP contribution in [0.2, 0.25) is 0 Å². The number of rotatable bonds is 7. The summed E-state index contributed by atoms with van der Waals surface area (Å²) in [5, 5.41) is 2.87. The third-order valence-electron chi connectivity index (χ3n) is 3.11. The molecule has 4 nitrogen and oxygen atoms in total. The highest BCUT2D eigenvalue weighted by Crippen LogP contribution is 2.24. The smallest absolute Gasteiger partial charge is 0.223 e. The van der Waals surface area contributed by atoms with Crippen LogP contribution in [0.15, 0.2) is 18.2 Å². The van der Waals surface area contributed by atoms with Crippen molar-refractivity contribution in [3.63, 3.8) is 0 Å². The third-order valence-corrected chi connectivity index (χ3v) is 3.11. The second kappa shape index (κ2) is 6.70. The molecule has 0 aromatic heterocycles. The molecule has 1 aliphatic carbocycles. The molecular formula is C15H21FN2O2. The van der Waals surface area contributed by atoms with Crippen molar-refractivity contribution >= 4 is 5.91 Å². The van der Waals surface area contributed by atoms with Crippen molar-refractivity contribution in [2.24, 2.45) is 5.73 Å². The van der Waals surface area contributed by atoms with Gasteiger partial charge in [-0.05, 0) is 37.8 Å². The first-order valence-electron chi connectivity index (χ1n) is 7.01. The van der Waals surface area contributed by atoms with Gasteiger partial charge in [0.05, 0.1) is 13.0 Å². The van der Waals surface area contributed by atoms with Gasteiger partial charge >= 0.3 is 0 Å². The van der Waals surface area contributed by atoms with Crippen molar-refractivity contribution in [3.05, 3.63) is 29.6 Å². The van der Waals surface area contributed by atoms with E-state index in [4.69, 9.17) is 10.5 Å². The molecule has 1 fully saturated rings. The molecule has 110 valence electrons. The van der Waals surface area contributed by atoms with Gasteiger partial charge in [0.25, 0.3) is 0 Å². The Morgan fingerprint density at radius 2 is 2.30 bits per heavy atom. The SMILES string of the molecule is CC(N)Cc1cccc(F)c1OCCC(=O)NC1CC1. The van der Waals surface area contributed by atoms with Crippen LogP contribution in [-0.2, 0) is 11.2 Å². The van der Waals surface area contributed by atoms with Crippen LogP contribution < -0.4 is 15.8 Å². The number of halogens is 1. The van der Waals surface area contributed by atoms with Gasteiger partial charge in [0, 0.05) is 12.1 Å². The van der Waals surface area contributed by atoms with E-state index in [2.05, 4.69) is 5.32 Å². The molecule has 1 aromatic carbocycles. The molecule has 0 saturated heterocycles. The average Bonchev–Trinajstić information content (AvgIpc) is 3.16. The molecule has 1 unspecified atom stereocenters. The molecule has 1 aromatic rings. The monoisotopic (exact) mass is 280 g/mol. The number of nitrogens with one attached hydrogen (secondary N) is 1. The number of hydrogen-bond acceptors (Lipinski definition) is 3. The predicted molar refractivity (Wildman–Crippen MR) is 75.0 cm³/mol. The zero-order chi connectivity index (χ0) is 14.5. The quantitative estimate of drug-likeness (QED) is 0.800. The fourth-order valence-electron chi connectivity index (χ4n) is 2.00. The Balaban J connectivity index is 1.88. The summed E-state index contributed by atoms with van der Waals surface area (Å²) in [5.74, 6) is -0.243. The Labute approximate surface area is 118 Å². The van der Waals surface area contributed by atoms with Gasteiger partial charge in [-0.1, -0.05) is 12.1 Å². The van der Waals surface area contributed by atoms with Crippen molar-refractivity contribution in [2.75, 3.05) is 6.61 Å². The van der Waals surface area contributed by atoms with E-state index in [0.717, 1.165) is 18.4 Å². The first-order valence-corrected chi connectivity index (χ1v) is 7.01. The highest BCUT2D eigenvalue weighted by molar-refractivity contribution is 5.76. The normalized spacial score (nSPS) is 15.8. The van der Waals surface area contributed by atoms with Crippen LogP contribution >= 0.6 is 0 Å². The van der Waals surface area contributed by atoms with E-state index in [0.29, 0.717) is 12.5 Å². The van der Waals surface area contributed by atoms with Crippen LogP contribution in [0.5, 0.6) is 5.75 Å². The van der Waals surface area contributed by atoms with Crippen LogP contribution in [-0.4, -0.2) is 24.6 Å². The van der Waals surface area contributed by atoms with Gasteiger partial charge < -0.3 is 15.8 Å². The summed E-state index contributed by atoms with van der Waals surface area (Å²) in [6.07, 6.45) is 2.89. The average molecular weight is 280 g/mol. The van der Waals surface area contributed by atoms with Gasteiger partial charge in [-0.15, -0.1) is 0 Å². The van der Waals surface area contributed by atoms with Crippen LogP contribution in [0.4, 0.5) is 4.39 Å². The second-order valence-corrected chi connectivity index (χ2v) is 5.35. The van der Waals surface area contributed by atoms with Gasteiger partial charge in [0.2, 0.25) is 5.91 Å². The third kappa shape index (κ3) is 4.49. The van der Waals surface area contributed by atoms with Gasteiger partial charge in [-0.2, -0.15) is 0 Å².